The summed E-state index contributed by atoms with van der Waals surface area (Å²) >= 11 is 1.07. The van der Waals surface area contributed by atoms with Crippen LogP contribution in [0.25, 0.3) is 16.9 Å². The molecule has 0 aliphatic carbocycles. The van der Waals surface area contributed by atoms with Crippen LogP contribution in [0.5, 0.6) is 5.75 Å². The predicted octanol–water partition coefficient (Wildman–Crippen LogP) is 3.88. The van der Waals surface area contributed by atoms with Gasteiger partial charge in [-0.2, -0.15) is 5.10 Å². The van der Waals surface area contributed by atoms with Crippen LogP contribution in [0.2, 0.25) is 0 Å². The van der Waals surface area contributed by atoms with Crippen LogP contribution >= 0.6 is 11.8 Å². The molecule has 1 aliphatic rings. The van der Waals surface area contributed by atoms with Crippen LogP contribution in [-0.4, -0.2) is 25.3 Å². The van der Waals surface area contributed by atoms with Gasteiger partial charge in [0.25, 0.3) is 6.43 Å². The highest BCUT2D eigenvalue weighted by atomic mass is 32.2. The fourth-order valence-electron chi connectivity index (χ4n) is 3.17. The van der Waals surface area contributed by atoms with E-state index in [0.717, 1.165) is 11.8 Å². The maximum absolute atomic E-state index is 14.7. The molecule has 1 aromatic heterocycles. The summed E-state index contributed by atoms with van der Waals surface area (Å²) < 4.78 is 71.1. The Labute approximate surface area is 168 Å². The zero-order chi connectivity index (χ0) is 20.9. The molecule has 2 aromatic carbocycles. The molecule has 4 rings (SSSR count). The molecule has 0 spiro atoms. The van der Waals surface area contributed by atoms with Gasteiger partial charge in [-0.05, 0) is 36.4 Å². The lowest BCUT2D eigenvalue weighted by Gasteiger charge is -2.20. The molecule has 3 aromatic rings. The van der Waals surface area contributed by atoms with E-state index in [1.54, 1.807) is 6.07 Å². The lowest BCUT2D eigenvalue weighted by molar-refractivity contribution is 0.142. The van der Waals surface area contributed by atoms with Crippen molar-refractivity contribution in [1.29, 1.82) is 0 Å². The van der Waals surface area contributed by atoms with E-state index in [9.17, 15) is 21.6 Å². The van der Waals surface area contributed by atoms with Crippen LogP contribution in [0.3, 0.4) is 0 Å². The summed E-state index contributed by atoms with van der Waals surface area (Å²) in [4.78, 5) is 0.134. The van der Waals surface area contributed by atoms with Gasteiger partial charge in [-0.3, -0.25) is 0 Å². The number of hydrogen-bond acceptors (Lipinski definition) is 5. The Bertz CT molecular complexity index is 1210. The number of nitrogens with zero attached hydrogens (tertiary/aromatic N) is 2. The Morgan fingerprint density at radius 3 is 2.48 bits per heavy atom. The number of rotatable bonds is 4. The molecule has 0 unspecified atom stereocenters. The second-order valence-electron chi connectivity index (χ2n) is 6.21. The first kappa shape index (κ1) is 19.8. The lowest BCUT2D eigenvalue weighted by Crippen LogP contribution is -2.12. The number of sulfonamides is 1. The van der Waals surface area contributed by atoms with Crippen molar-refractivity contribution in [3.63, 3.8) is 0 Å². The molecule has 0 saturated heterocycles. The Morgan fingerprint density at radius 1 is 1.21 bits per heavy atom. The number of alkyl halides is 2. The fourth-order valence-corrected chi connectivity index (χ4v) is 4.87. The van der Waals surface area contributed by atoms with Crippen molar-refractivity contribution in [1.82, 2.24) is 9.78 Å². The SMILES string of the molecule is COc1ccc2c(c1F)CSc1c(C(F)F)nn(-c3ccc(S(N)(=O)=O)cc3)c1-2. The number of ether oxygens (including phenoxy) is 1. The minimum absolute atomic E-state index is 0.0606. The molecule has 6 nitrogen and oxygen atoms in total. The molecule has 0 fully saturated rings. The molecular weight excluding hydrogens is 427 g/mol. The number of halogens is 3. The molecule has 0 bridgehead atoms. The van der Waals surface area contributed by atoms with E-state index in [1.165, 1.54) is 42.1 Å². The number of hydrogen-bond donors (Lipinski definition) is 1. The second kappa shape index (κ2) is 7.08. The number of thioether (sulfide) groups is 1. The molecule has 0 amide bonds. The fraction of sp³-hybridized carbons (Fsp3) is 0.167. The van der Waals surface area contributed by atoms with E-state index >= 15 is 0 Å². The summed E-state index contributed by atoms with van der Waals surface area (Å²) in [5, 5.41) is 9.14. The standard InChI is InChI=1S/C18H14F3N3O3S2/c1-27-13-7-6-11-12(14(13)19)8-28-17-15(18(20)21)23-24(16(11)17)9-2-4-10(5-3-9)29(22,25)26/h2-7,18H,8H2,1H3,(H2,22,25,26). The van der Waals surface area contributed by atoms with Gasteiger partial charge in [0.1, 0.15) is 5.69 Å². The van der Waals surface area contributed by atoms with Crippen LogP contribution in [0.4, 0.5) is 13.2 Å². The summed E-state index contributed by atoms with van der Waals surface area (Å²) in [5.41, 5.74) is 0.987. The molecule has 2 heterocycles. The minimum atomic E-state index is -3.91. The van der Waals surface area contributed by atoms with Crippen molar-refractivity contribution < 1.29 is 26.3 Å². The largest absolute Gasteiger partial charge is 0.494 e. The quantitative estimate of drug-likeness (QED) is 0.664. The van der Waals surface area contributed by atoms with Gasteiger partial charge in [0, 0.05) is 16.9 Å². The lowest BCUT2D eigenvalue weighted by atomic mass is 10.0. The van der Waals surface area contributed by atoms with Gasteiger partial charge in [0.2, 0.25) is 10.0 Å². The molecule has 11 heteroatoms. The first-order valence-corrected chi connectivity index (χ1v) is 10.8. The van der Waals surface area contributed by atoms with Crippen molar-refractivity contribution in [2.24, 2.45) is 5.14 Å². The maximum atomic E-state index is 14.7. The number of methoxy groups -OCH3 is 1. The Balaban J connectivity index is 1.95. The Kier molecular flexibility index (Phi) is 4.83. The van der Waals surface area contributed by atoms with Crippen molar-refractivity contribution >= 4 is 21.8 Å². The summed E-state index contributed by atoms with van der Waals surface area (Å²) in [6.45, 7) is 0. The molecular formula is C18H14F3N3O3S2. The van der Waals surface area contributed by atoms with E-state index in [0.29, 0.717) is 22.5 Å². The van der Waals surface area contributed by atoms with Crippen LogP contribution < -0.4 is 9.88 Å². The summed E-state index contributed by atoms with van der Waals surface area (Å²) in [7, 11) is -2.56. The molecule has 152 valence electrons. The first-order valence-electron chi connectivity index (χ1n) is 8.25. The molecule has 0 saturated carbocycles. The van der Waals surface area contributed by atoms with Crippen LogP contribution in [0.1, 0.15) is 17.7 Å². The first-order chi connectivity index (χ1) is 13.7. The third-order valence-electron chi connectivity index (χ3n) is 4.53. The Hall–Kier alpha value is -2.50. The third kappa shape index (κ3) is 3.28. The molecule has 0 atom stereocenters. The zero-order valence-electron chi connectivity index (χ0n) is 14.9. The van der Waals surface area contributed by atoms with Crippen LogP contribution in [0, 0.1) is 5.82 Å². The van der Waals surface area contributed by atoms with E-state index in [-0.39, 0.29) is 21.3 Å². The van der Waals surface area contributed by atoms with Gasteiger partial charge in [-0.15, -0.1) is 11.8 Å². The highest BCUT2D eigenvalue weighted by Gasteiger charge is 2.32. The van der Waals surface area contributed by atoms with Gasteiger partial charge in [0.05, 0.1) is 28.3 Å². The number of primary sulfonamides is 1. The molecule has 29 heavy (non-hydrogen) atoms. The minimum Gasteiger partial charge on any atom is -0.494 e. The summed E-state index contributed by atoms with van der Waals surface area (Å²) in [6.07, 6.45) is -2.83. The normalized spacial score (nSPS) is 13.3. The topological polar surface area (TPSA) is 87.2 Å². The highest BCUT2D eigenvalue weighted by Crippen LogP contribution is 2.48. The van der Waals surface area contributed by atoms with Gasteiger partial charge in [-0.1, -0.05) is 0 Å². The number of aromatic nitrogens is 2. The van der Waals surface area contributed by atoms with Crippen molar-refractivity contribution in [3.8, 4) is 22.7 Å². The molecule has 0 radical (unpaired) electrons. The predicted molar refractivity (Wildman–Crippen MR) is 101 cm³/mol. The summed E-state index contributed by atoms with van der Waals surface area (Å²) in [6, 6.07) is 8.35. The number of fused-ring (bicyclic) bond motifs is 3. The van der Waals surface area contributed by atoms with E-state index in [1.807, 2.05) is 0 Å². The maximum Gasteiger partial charge on any atom is 0.283 e. The number of benzene rings is 2. The molecule has 2 N–H and O–H groups in total. The van der Waals surface area contributed by atoms with Gasteiger partial charge >= 0.3 is 0 Å². The van der Waals surface area contributed by atoms with Gasteiger partial charge in [0.15, 0.2) is 11.6 Å². The third-order valence-corrected chi connectivity index (χ3v) is 6.58. The van der Waals surface area contributed by atoms with Crippen LogP contribution in [-0.2, 0) is 15.8 Å². The number of nitrogens with two attached hydrogens (primary N) is 1. The smallest absolute Gasteiger partial charge is 0.283 e. The van der Waals surface area contributed by atoms with E-state index < -0.39 is 28.0 Å². The average molecular weight is 441 g/mol. The Morgan fingerprint density at radius 2 is 1.90 bits per heavy atom. The average Bonchev–Trinajstić information content (AvgIpc) is 3.08. The van der Waals surface area contributed by atoms with Crippen molar-refractivity contribution in [3.05, 3.63) is 53.5 Å². The van der Waals surface area contributed by atoms with E-state index in [2.05, 4.69) is 5.10 Å². The highest BCUT2D eigenvalue weighted by molar-refractivity contribution is 7.98. The van der Waals surface area contributed by atoms with Gasteiger partial charge < -0.3 is 4.74 Å². The van der Waals surface area contributed by atoms with Gasteiger partial charge in [-0.25, -0.2) is 31.4 Å². The van der Waals surface area contributed by atoms with Crippen molar-refractivity contribution in [2.45, 2.75) is 22.0 Å². The second-order valence-corrected chi connectivity index (χ2v) is 8.76. The zero-order valence-corrected chi connectivity index (χ0v) is 16.5. The monoisotopic (exact) mass is 441 g/mol. The van der Waals surface area contributed by atoms with Crippen LogP contribution in [0.15, 0.2) is 46.2 Å². The summed E-state index contributed by atoms with van der Waals surface area (Å²) in [5.74, 6) is -0.342. The van der Waals surface area contributed by atoms with Crippen molar-refractivity contribution in [2.75, 3.05) is 7.11 Å². The van der Waals surface area contributed by atoms with E-state index in [4.69, 9.17) is 9.88 Å². The molecule has 1 aliphatic heterocycles.